The zero-order valence-corrected chi connectivity index (χ0v) is 11.0. The van der Waals surface area contributed by atoms with Crippen molar-refractivity contribution in [2.75, 3.05) is 19.7 Å². The quantitative estimate of drug-likeness (QED) is 0.890. The van der Waals surface area contributed by atoms with Gasteiger partial charge in [0.1, 0.15) is 5.69 Å². The van der Waals surface area contributed by atoms with E-state index in [0.717, 1.165) is 29.6 Å². The average Bonchev–Trinajstić information content (AvgIpc) is 3.04. The van der Waals surface area contributed by atoms with Gasteiger partial charge in [-0.3, -0.25) is 4.79 Å². The number of aromatic nitrogens is 1. The molecule has 1 amide bonds. The normalized spacial score (nSPS) is 19.3. The van der Waals surface area contributed by atoms with Crippen molar-refractivity contribution >= 4 is 16.8 Å². The molecule has 2 heterocycles. The summed E-state index contributed by atoms with van der Waals surface area (Å²) in [5.74, 6) is 0.299. The largest absolute Gasteiger partial charge is 0.396 e. The Morgan fingerprint density at radius 2 is 2.21 bits per heavy atom. The van der Waals surface area contributed by atoms with E-state index in [1.165, 1.54) is 0 Å². The van der Waals surface area contributed by atoms with E-state index in [-0.39, 0.29) is 18.4 Å². The van der Waals surface area contributed by atoms with Gasteiger partial charge in [0.15, 0.2) is 0 Å². The number of amides is 1. The highest BCUT2D eigenvalue weighted by Gasteiger charge is 2.28. The van der Waals surface area contributed by atoms with Gasteiger partial charge in [-0.05, 0) is 18.6 Å². The van der Waals surface area contributed by atoms with E-state index in [0.29, 0.717) is 6.54 Å². The molecule has 0 spiro atoms. The maximum absolute atomic E-state index is 12.5. The molecular weight excluding hydrogens is 240 g/mol. The third-order valence-corrected chi connectivity index (χ3v) is 4.00. The Bertz CT molecular complexity index is 618. The average molecular weight is 258 g/mol. The summed E-state index contributed by atoms with van der Waals surface area (Å²) >= 11 is 0. The Labute approximate surface area is 112 Å². The molecule has 1 aromatic heterocycles. The molecule has 4 nitrogen and oxygen atoms in total. The molecule has 0 saturated carbocycles. The van der Waals surface area contributed by atoms with Crippen LogP contribution in [0.2, 0.25) is 0 Å². The van der Waals surface area contributed by atoms with Crippen molar-refractivity contribution in [2.45, 2.75) is 6.42 Å². The summed E-state index contributed by atoms with van der Waals surface area (Å²) in [7, 11) is 1.93. The minimum Gasteiger partial charge on any atom is -0.396 e. The van der Waals surface area contributed by atoms with Crippen LogP contribution in [0.4, 0.5) is 0 Å². The topological polar surface area (TPSA) is 45.5 Å². The molecule has 1 saturated heterocycles. The molecule has 100 valence electrons. The third kappa shape index (κ3) is 2.02. The predicted molar refractivity (Wildman–Crippen MR) is 74.0 cm³/mol. The molecule has 1 aromatic carbocycles. The molecule has 1 atom stereocenters. The van der Waals surface area contributed by atoms with Crippen LogP contribution in [0.5, 0.6) is 0 Å². The van der Waals surface area contributed by atoms with Crippen LogP contribution in [0.15, 0.2) is 30.3 Å². The summed E-state index contributed by atoms with van der Waals surface area (Å²) < 4.78 is 1.95. The molecule has 2 aromatic rings. The van der Waals surface area contributed by atoms with Crippen LogP contribution in [0.25, 0.3) is 10.9 Å². The Morgan fingerprint density at radius 1 is 1.42 bits per heavy atom. The standard InChI is InChI=1S/C15H18N2O2/c1-16-13-5-3-2-4-12(13)8-14(16)15(19)17-7-6-11(9-17)10-18/h2-5,8,11,18H,6-7,9-10H2,1H3. The molecule has 1 aliphatic rings. The highest BCUT2D eigenvalue weighted by molar-refractivity contribution is 5.98. The Balaban J connectivity index is 1.92. The number of aliphatic hydroxyl groups is 1. The number of carbonyl (C=O) groups excluding carboxylic acids is 1. The number of rotatable bonds is 2. The fourth-order valence-electron chi connectivity index (χ4n) is 2.82. The van der Waals surface area contributed by atoms with E-state index in [1.54, 1.807) is 0 Å². The van der Waals surface area contributed by atoms with E-state index in [4.69, 9.17) is 5.11 Å². The Kier molecular flexibility index (Phi) is 3.03. The maximum atomic E-state index is 12.5. The second kappa shape index (κ2) is 4.70. The number of carbonyl (C=O) groups is 1. The molecule has 0 aliphatic carbocycles. The van der Waals surface area contributed by atoms with Gasteiger partial charge in [-0.25, -0.2) is 0 Å². The molecule has 1 fully saturated rings. The van der Waals surface area contributed by atoms with Crippen LogP contribution < -0.4 is 0 Å². The summed E-state index contributed by atoms with van der Waals surface area (Å²) in [6.45, 7) is 1.57. The first kappa shape index (κ1) is 12.2. The van der Waals surface area contributed by atoms with Crippen molar-refractivity contribution in [1.82, 2.24) is 9.47 Å². The summed E-state index contributed by atoms with van der Waals surface area (Å²) in [5, 5.41) is 10.3. The van der Waals surface area contributed by atoms with Gasteiger partial charge < -0.3 is 14.6 Å². The summed E-state index contributed by atoms with van der Waals surface area (Å²) in [6, 6.07) is 9.95. The number of benzene rings is 1. The molecule has 1 N–H and O–H groups in total. The van der Waals surface area contributed by atoms with E-state index < -0.39 is 0 Å². The summed E-state index contributed by atoms with van der Waals surface area (Å²) in [5.41, 5.74) is 1.79. The smallest absolute Gasteiger partial charge is 0.270 e. The third-order valence-electron chi connectivity index (χ3n) is 4.00. The predicted octanol–water partition coefficient (Wildman–Crippen LogP) is 1.63. The lowest BCUT2D eigenvalue weighted by molar-refractivity contribution is 0.0773. The molecular formula is C15H18N2O2. The van der Waals surface area contributed by atoms with Crippen LogP contribution >= 0.6 is 0 Å². The summed E-state index contributed by atoms with van der Waals surface area (Å²) in [6.07, 6.45) is 0.895. The zero-order chi connectivity index (χ0) is 13.4. The first-order valence-corrected chi connectivity index (χ1v) is 6.65. The number of nitrogens with zero attached hydrogens (tertiary/aromatic N) is 2. The molecule has 3 rings (SSSR count). The SMILES string of the molecule is Cn1c(C(=O)N2CCC(CO)C2)cc2ccccc21. The molecule has 19 heavy (non-hydrogen) atoms. The van der Waals surface area contributed by atoms with Crippen LogP contribution in [0.1, 0.15) is 16.9 Å². The van der Waals surface area contributed by atoms with Crippen LogP contribution in [0, 0.1) is 5.92 Å². The fraction of sp³-hybridized carbons (Fsp3) is 0.400. The van der Waals surface area contributed by atoms with Crippen LogP contribution in [-0.2, 0) is 7.05 Å². The second-order valence-electron chi connectivity index (χ2n) is 5.24. The lowest BCUT2D eigenvalue weighted by atomic mass is 10.1. The first-order chi connectivity index (χ1) is 9.20. The zero-order valence-electron chi connectivity index (χ0n) is 11.0. The van der Waals surface area contributed by atoms with E-state index in [1.807, 2.05) is 46.8 Å². The highest BCUT2D eigenvalue weighted by atomic mass is 16.3. The number of likely N-dealkylation sites (tertiary alicyclic amines) is 1. The lowest BCUT2D eigenvalue weighted by Gasteiger charge is -2.16. The van der Waals surface area contributed by atoms with Crippen molar-refractivity contribution in [2.24, 2.45) is 13.0 Å². The molecule has 4 heteroatoms. The fourth-order valence-corrected chi connectivity index (χ4v) is 2.82. The van der Waals surface area contributed by atoms with Crippen molar-refractivity contribution in [3.8, 4) is 0 Å². The highest BCUT2D eigenvalue weighted by Crippen LogP contribution is 2.22. The van der Waals surface area contributed by atoms with Crippen molar-refractivity contribution in [1.29, 1.82) is 0 Å². The van der Waals surface area contributed by atoms with Gasteiger partial charge in [-0.15, -0.1) is 0 Å². The second-order valence-corrected chi connectivity index (χ2v) is 5.24. The number of para-hydroxylation sites is 1. The van der Waals surface area contributed by atoms with Crippen LogP contribution in [0.3, 0.4) is 0 Å². The van der Waals surface area contributed by atoms with E-state index in [2.05, 4.69) is 0 Å². The number of hydrogen-bond acceptors (Lipinski definition) is 2. The minimum absolute atomic E-state index is 0.0645. The van der Waals surface area contributed by atoms with Gasteiger partial charge in [-0.2, -0.15) is 0 Å². The summed E-state index contributed by atoms with van der Waals surface area (Å²) in [4.78, 5) is 14.4. The van der Waals surface area contributed by atoms with Crippen molar-refractivity contribution in [3.63, 3.8) is 0 Å². The number of hydrogen-bond donors (Lipinski definition) is 1. The van der Waals surface area contributed by atoms with Gasteiger partial charge in [-0.1, -0.05) is 18.2 Å². The molecule has 1 aliphatic heterocycles. The van der Waals surface area contributed by atoms with Gasteiger partial charge in [0.25, 0.3) is 5.91 Å². The molecule has 0 radical (unpaired) electrons. The Hall–Kier alpha value is -1.81. The monoisotopic (exact) mass is 258 g/mol. The van der Waals surface area contributed by atoms with E-state index >= 15 is 0 Å². The Morgan fingerprint density at radius 3 is 2.89 bits per heavy atom. The molecule has 1 unspecified atom stereocenters. The van der Waals surface area contributed by atoms with Gasteiger partial charge in [0.05, 0.1) is 0 Å². The van der Waals surface area contributed by atoms with Gasteiger partial charge >= 0.3 is 0 Å². The molecule has 0 bridgehead atoms. The first-order valence-electron chi connectivity index (χ1n) is 6.65. The number of fused-ring (bicyclic) bond motifs is 1. The van der Waals surface area contributed by atoms with E-state index in [9.17, 15) is 4.79 Å². The van der Waals surface area contributed by atoms with Crippen LogP contribution in [-0.4, -0.2) is 40.2 Å². The van der Waals surface area contributed by atoms with Crippen molar-refractivity contribution in [3.05, 3.63) is 36.0 Å². The lowest BCUT2D eigenvalue weighted by Crippen LogP contribution is -2.30. The number of aryl methyl sites for hydroxylation is 1. The van der Waals surface area contributed by atoms with Crippen molar-refractivity contribution < 1.29 is 9.90 Å². The number of aliphatic hydroxyl groups excluding tert-OH is 1. The maximum Gasteiger partial charge on any atom is 0.270 e. The van der Waals surface area contributed by atoms with Gasteiger partial charge in [0, 0.05) is 43.6 Å². The van der Waals surface area contributed by atoms with Gasteiger partial charge in [0.2, 0.25) is 0 Å². The minimum atomic E-state index is 0.0645.